The average molecular weight is 373 g/mol. The topological polar surface area (TPSA) is 65.5 Å². The number of benzene rings is 2. The lowest BCUT2D eigenvalue weighted by molar-refractivity contribution is -0.127. The average Bonchev–Trinajstić information content (AvgIpc) is 2.74. The second-order valence-corrected chi connectivity index (χ2v) is 7.14. The van der Waals surface area contributed by atoms with Gasteiger partial charge in [-0.25, -0.2) is 0 Å². The first-order valence-corrected chi connectivity index (χ1v) is 9.44. The van der Waals surface area contributed by atoms with Gasteiger partial charge in [0.2, 0.25) is 5.91 Å². The molecular formula is C23H23N3O2. The van der Waals surface area contributed by atoms with Crippen molar-refractivity contribution in [2.24, 2.45) is 0 Å². The maximum Gasteiger partial charge on any atom is 0.237 e. The lowest BCUT2D eigenvalue weighted by atomic mass is 9.93. The predicted molar refractivity (Wildman–Crippen MR) is 107 cm³/mol. The highest BCUT2D eigenvalue weighted by molar-refractivity contribution is 5.82. The molecule has 1 aromatic heterocycles. The molecule has 0 spiro atoms. The summed E-state index contributed by atoms with van der Waals surface area (Å²) in [7, 11) is 0. The van der Waals surface area contributed by atoms with Gasteiger partial charge in [0.15, 0.2) is 0 Å². The molecule has 5 heteroatoms. The fourth-order valence-corrected chi connectivity index (χ4v) is 3.65. The molecule has 3 aromatic rings. The van der Waals surface area contributed by atoms with E-state index in [4.69, 9.17) is 0 Å². The van der Waals surface area contributed by atoms with Crippen LogP contribution >= 0.6 is 0 Å². The number of hydrogen-bond donors (Lipinski definition) is 2. The SMILES string of the molecule is O=C(NCc1cccnc1)C1Cc2ccccc2CN1Cc1ccc(O)cc1. The van der Waals surface area contributed by atoms with Crippen molar-refractivity contribution in [2.75, 3.05) is 0 Å². The predicted octanol–water partition coefficient (Wildman–Crippen LogP) is 3.03. The van der Waals surface area contributed by atoms with E-state index in [2.05, 4.69) is 27.3 Å². The number of phenolic OH excluding ortho intramolecular Hbond substituents is 1. The lowest BCUT2D eigenvalue weighted by Crippen LogP contribution is -2.49. The Hall–Kier alpha value is -3.18. The zero-order valence-electron chi connectivity index (χ0n) is 15.6. The third kappa shape index (κ3) is 4.21. The Morgan fingerprint density at radius 3 is 2.57 bits per heavy atom. The summed E-state index contributed by atoms with van der Waals surface area (Å²) in [5.74, 6) is 0.274. The molecule has 1 aliphatic heterocycles. The van der Waals surface area contributed by atoms with E-state index in [1.807, 2.05) is 36.4 Å². The van der Waals surface area contributed by atoms with Crippen LogP contribution in [0.4, 0.5) is 0 Å². The maximum atomic E-state index is 13.0. The number of amides is 1. The highest BCUT2D eigenvalue weighted by Gasteiger charge is 2.31. The Labute approximate surface area is 164 Å². The molecule has 1 unspecified atom stereocenters. The summed E-state index contributed by atoms with van der Waals surface area (Å²) >= 11 is 0. The van der Waals surface area contributed by atoms with Crippen molar-refractivity contribution in [3.8, 4) is 5.75 Å². The summed E-state index contributed by atoms with van der Waals surface area (Å²) in [5.41, 5.74) is 4.54. The third-order valence-corrected chi connectivity index (χ3v) is 5.16. The van der Waals surface area contributed by atoms with E-state index in [9.17, 15) is 9.90 Å². The number of nitrogens with one attached hydrogen (secondary N) is 1. The third-order valence-electron chi connectivity index (χ3n) is 5.16. The second-order valence-electron chi connectivity index (χ2n) is 7.14. The van der Waals surface area contributed by atoms with Gasteiger partial charge in [-0.2, -0.15) is 0 Å². The van der Waals surface area contributed by atoms with E-state index < -0.39 is 0 Å². The molecule has 1 aliphatic rings. The van der Waals surface area contributed by atoms with Gasteiger partial charge in [0.05, 0.1) is 6.04 Å². The van der Waals surface area contributed by atoms with Crippen LogP contribution in [-0.4, -0.2) is 26.9 Å². The van der Waals surface area contributed by atoms with E-state index >= 15 is 0 Å². The van der Waals surface area contributed by atoms with Gasteiger partial charge in [-0.3, -0.25) is 14.7 Å². The van der Waals surface area contributed by atoms with Crippen molar-refractivity contribution < 1.29 is 9.90 Å². The normalized spacial score (nSPS) is 16.4. The number of aromatic hydroxyl groups is 1. The van der Waals surface area contributed by atoms with Gasteiger partial charge < -0.3 is 10.4 Å². The number of nitrogens with zero attached hydrogens (tertiary/aromatic N) is 2. The molecule has 1 amide bonds. The largest absolute Gasteiger partial charge is 0.508 e. The number of hydrogen-bond acceptors (Lipinski definition) is 4. The summed E-state index contributed by atoms with van der Waals surface area (Å²) in [4.78, 5) is 19.3. The number of pyridine rings is 1. The molecule has 28 heavy (non-hydrogen) atoms. The number of phenols is 1. The van der Waals surface area contributed by atoms with Gasteiger partial charge in [-0.1, -0.05) is 42.5 Å². The second kappa shape index (κ2) is 8.23. The Bertz CT molecular complexity index is 942. The van der Waals surface area contributed by atoms with E-state index in [1.165, 1.54) is 11.1 Å². The first kappa shape index (κ1) is 18.2. The molecule has 1 atom stereocenters. The van der Waals surface area contributed by atoms with Gasteiger partial charge in [-0.15, -0.1) is 0 Å². The van der Waals surface area contributed by atoms with Crippen molar-refractivity contribution in [2.45, 2.75) is 32.1 Å². The molecule has 0 saturated heterocycles. The Morgan fingerprint density at radius 1 is 1.04 bits per heavy atom. The zero-order chi connectivity index (χ0) is 19.3. The molecule has 2 heterocycles. The van der Waals surface area contributed by atoms with E-state index in [-0.39, 0.29) is 17.7 Å². The minimum absolute atomic E-state index is 0.0251. The molecule has 142 valence electrons. The first-order valence-electron chi connectivity index (χ1n) is 9.44. The summed E-state index contributed by atoms with van der Waals surface area (Å²) in [6.07, 6.45) is 4.18. The molecule has 0 fully saturated rings. The summed E-state index contributed by atoms with van der Waals surface area (Å²) in [6.45, 7) is 1.85. The van der Waals surface area contributed by atoms with Crippen LogP contribution in [0.25, 0.3) is 0 Å². The van der Waals surface area contributed by atoms with Crippen molar-refractivity contribution in [3.63, 3.8) is 0 Å². The monoisotopic (exact) mass is 373 g/mol. The molecular weight excluding hydrogens is 350 g/mol. The standard InChI is InChI=1S/C23H23N3O2/c27-21-9-7-17(8-10-21)15-26-16-20-6-2-1-5-19(20)12-22(26)23(28)25-14-18-4-3-11-24-13-18/h1-11,13,22,27H,12,14-16H2,(H,25,28). The van der Waals surface area contributed by atoms with Gasteiger partial charge >= 0.3 is 0 Å². The zero-order valence-corrected chi connectivity index (χ0v) is 15.6. The Kier molecular flexibility index (Phi) is 5.35. The van der Waals surface area contributed by atoms with Crippen LogP contribution in [0, 0.1) is 0 Å². The molecule has 2 aromatic carbocycles. The van der Waals surface area contributed by atoms with Crippen LogP contribution in [0.15, 0.2) is 73.1 Å². The number of carbonyl (C=O) groups excluding carboxylic acids is 1. The van der Waals surface area contributed by atoms with Gasteiger partial charge in [0.1, 0.15) is 5.75 Å². The number of fused-ring (bicyclic) bond motifs is 1. The summed E-state index contributed by atoms with van der Waals surface area (Å²) in [5, 5.41) is 12.6. The minimum atomic E-state index is -0.236. The van der Waals surface area contributed by atoms with Crippen molar-refractivity contribution in [1.29, 1.82) is 0 Å². The molecule has 0 aliphatic carbocycles. The Morgan fingerprint density at radius 2 is 1.82 bits per heavy atom. The first-order chi connectivity index (χ1) is 13.7. The quantitative estimate of drug-likeness (QED) is 0.722. The number of rotatable bonds is 5. The molecule has 5 nitrogen and oxygen atoms in total. The molecule has 4 rings (SSSR count). The van der Waals surface area contributed by atoms with Gasteiger partial charge in [-0.05, 0) is 46.9 Å². The van der Waals surface area contributed by atoms with Crippen LogP contribution < -0.4 is 5.32 Å². The van der Waals surface area contributed by atoms with Crippen LogP contribution in [-0.2, 0) is 30.8 Å². The summed E-state index contributed by atoms with van der Waals surface area (Å²) in [6, 6.07) is 19.1. The molecule has 0 saturated carbocycles. The fourth-order valence-electron chi connectivity index (χ4n) is 3.65. The molecule has 2 N–H and O–H groups in total. The Balaban J connectivity index is 1.52. The van der Waals surface area contributed by atoms with Crippen molar-refractivity contribution >= 4 is 5.91 Å². The van der Waals surface area contributed by atoms with E-state index in [1.54, 1.807) is 24.5 Å². The number of aromatic nitrogens is 1. The van der Waals surface area contributed by atoms with Crippen molar-refractivity contribution in [3.05, 3.63) is 95.3 Å². The highest BCUT2D eigenvalue weighted by Crippen LogP contribution is 2.25. The highest BCUT2D eigenvalue weighted by atomic mass is 16.3. The van der Waals surface area contributed by atoms with Crippen LogP contribution in [0.5, 0.6) is 5.75 Å². The minimum Gasteiger partial charge on any atom is -0.508 e. The fraction of sp³-hybridized carbons (Fsp3) is 0.217. The maximum absolute atomic E-state index is 13.0. The van der Waals surface area contributed by atoms with Gasteiger partial charge in [0, 0.05) is 32.0 Å². The smallest absolute Gasteiger partial charge is 0.237 e. The van der Waals surface area contributed by atoms with Gasteiger partial charge in [0.25, 0.3) is 0 Å². The summed E-state index contributed by atoms with van der Waals surface area (Å²) < 4.78 is 0. The molecule has 0 radical (unpaired) electrons. The van der Waals surface area contributed by atoms with Crippen molar-refractivity contribution in [1.82, 2.24) is 15.2 Å². The van der Waals surface area contributed by atoms with Crippen LogP contribution in [0.2, 0.25) is 0 Å². The van der Waals surface area contributed by atoms with Crippen LogP contribution in [0.1, 0.15) is 22.3 Å². The number of carbonyl (C=O) groups is 1. The molecule has 0 bridgehead atoms. The lowest BCUT2D eigenvalue weighted by Gasteiger charge is -2.36. The van der Waals surface area contributed by atoms with E-state index in [0.717, 1.165) is 17.7 Å². The van der Waals surface area contributed by atoms with E-state index in [0.29, 0.717) is 19.5 Å². The van der Waals surface area contributed by atoms with Crippen LogP contribution in [0.3, 0.4) is 0 Å².